The van der Waals surface area contributed by atoms with E-state index in [-0.39, 0.29) is 5.04 Å². The van der Waals surface area contributed by atoms with Crippen molar-refractivity contribution in [2.75, 3.05) is 12.4 Å². The number of thioether (sulfide) groups is 1. The van der Waals surface area contributed by atoms with E-state index in [2.05, 4.69) is 81.4 Å². The van der Waals surface area contributed by atoms with Gasteiger partial charge in [0.05, 0.1) is 0 Å². The van der Waals surface area contributed by atoms with E-state index in [0.29, 0.717) is 5.25 Å². The van der Waals surface area contributed by atoms with E-state index in [1.807, 2.05) is 11.8 Å². The largest absolute Gasteiger partial charge is 0.406 e. The molecule has 1 aliphatic rings. The highest BCUT2D eigenvalue weighted by atomic mass is 32.2. The van der Waals surface area contributed by atoms with Crippen LogP contribution in [0.3, 0.4) is 0 Å². The van der Waals surface area contributed by atoms with Crippen LogP contribution in [0.1, 0.15) is 20.8 Å². The highest BCUT2D eigenvalue weighted by Crippen LogP contribution is 2.39. The fourth-order valence-electron chi connectivity index (χ4n) is 3.14. The lowest BCUT2D eigenvalue weighted by Gasteiger charge is -2.43. The van der Waals surface area contributed by atoms with Crippen LogP contribution >= 0.6 is 11.8 Å². The molecule has 0 amide bonds. The summed E-state index contributed by atoms with van der Waals surface area (Å²) < 4.78 is 6.81. The smallest absolute Gasteiger partial charge is 0.261 e. The van der Waals surface area contributed by atoms with E-state index in [0.717, 1.165) is 6.61 Å². The molecule has 1 heterocycles. The first kappa shape index (κ1) is 15.8. The second-order valence-corrected chi connectivity index (χ2v) is 12.6. The molecule has 3 rings (SSSR count). The number of hydrogen-bond acceptors (Lipinski definition) is 2. The van der Waals surface area contributed by atoms with Crippen LogP contribution < -0.4 is 10.4 Å². The monoisotopic (exact) mass is 328 g/mol. The standard InChI is InChI=1S/C19H24OSSi/c1-19(2,3)22(20-14-16-15-21-16,17-10-6-4-7-11-17)18-12-8-5-9-13-18/h4-13,16H,14-15H2,1-3H3/t16-/m1/s1. The van der Waals surface area contributed by atoms with E-state index in [1.165, 1.54) is 16.1 Å². The van der Waals surface area contributed by atoms with Crippen molar-refractivity contribution in [3.05, 3.63) is 60.7 Å². The summed E-state index contributed by atoms with van der Waals surface area (Å²) in [5, 5.41) is 3.54. The van der Waals surface area contributed by atoms with Gasteiger partial charge in [0.25, 0.3) is 8.32 Å². The Bertz CT molecular complexity index is 563. The molecule has 22 heavy (non-hydrogen) atoms. The maximum atomic E-state index is 6.81. The molecule has 1 atom stereocenters. The molecule has 0 unspecified atom stereocenters. The Morgan fingerprint density at radius 2 is 1.41 bits per heavy atom. The second-order valence-electron chi connectivity index (χ2n) is 6.93. The van der Waals surface area contributed by atoms with Crippen LogP contribution in [0.4, 0.5) is 0 Å². The summed E-state index contributed by atoms with van der Waals surface area (Å²) in [6, 6.07) is 21.8. The van der Waals surface area contributed by atoms with Crippen molar-refractivity contribution >= 4 is 30.5 Å². The van der Waals surface area contributed by atoms with Crippen LogP contribution in [-0.2, 0) is 4.43 Å². The third kappa shape index (κ3) is 3.03. The van der Waals surface area contributed by atoms with Crippen LogP contribution in [0.15, 0.2) is 60.7 Å². The lowest BCUT2D eigenvalue weighted by Crippen LogP contribution is -2.66. The first-order valence-electron chi connectivity index (χ1n) is 7.91. The Morgan fingerprint density at radius 3 is 1.77 bits per heavy atom. The van der Waals surface area contributed by atoms with Gasteiger partial charge >= 0.3 is 0 Å². The molecule has 0 saturated carbocycles. The summed E-state index contributed by atoms with van der Waals surface area (Å²) in [7, 11) is -2.29. The minimum atomic E-state index is -2.29. The van der Waals surface area contributed by atoms with Crippen molar-refractivity contribution in [2.24, 2.45) is 0 Å². The van der Waals surface area contributed by atoms with Gasteiger partial charge in [0.15, 0.2) is 0 Å². The van der Waals surface area contributed by atoms with Crippen molar-refractivity contribution in [1.29, 1.82) is 0 Å². The average molecular weight is 329 g/mol. The van der Waals surface area contributed by atoms with Gasteiger partial charge in [-0.2, -0.15) is 11.8 Å². The van der Waals surface area contributed by atoms with Crippen LogP contribution in [0.25, 0.3) is 0 Å². The first-order chi connectivity index (χ1) is 10.5. The molecule has 0 radical (unpaired) electrons. The van der Waals surface area contributed by atoms with Gasteiger partial charge in [-0.05, 0) is 15.4 Å². The Morgan fingerprint density at radius 1 is 0.955 bits per heavy atom. The zero-order valence-corrected chi connectivity index (χ0v) is 15.4. The topological polar surface area (TPSA) is 9.23 Å². The van der Waals surface area contributed by atoms with Crippen LogP contribution in [-0.4, -0.2) is 25.9 Å². The van der Waals surface area contributed by atoms with Crippen LogP contribution in [0, 0.1) is 0 Å². The van der Waals surface area contributed by atoms with E-state index >= 15 is 0 Å². The van der Waals surface area contributed by atoms with Crippen LogP contribution in [0.5, 0.6) is 0 Å². The van der Waals surface area contributed by atoms with Crippen LogP contribution in [0.2, 0.25) is 5.04 Å². The predicted octanol–water partition coefficient (Wildman–Crippen LogP) is 3.68. The molecule has 1 fully saturated rings. The summed E-state index contributed by atoms with van der Waals surface area (Å²) >= 11 is 2.01. The number of rotatable bonds is 5. The van der Waals surface area contributed by atoms with E-state index < -0.39 is 8.32 Å². The van der Waals surface area contributed by atoms with E-state index in [1.54, 1.807) is 0 Å². The van der Waals surface area contributed by atoms with Crippen molar-refractivity contribution in [1.82, 2.24) is 0 Å². The van der Waals surface area contributed by atoms with Gasteiger partial charge in [0.2, 0.25) is 0 Å². The maximum absolute atomic E-state index is 6.81. The SMILES string of the molecule is CC(C)(C)[Si](OC[C@@H]1CS1)(c1ccccc1)c1ccccc1. The quantitative estimate of drug-likeness (QED) is 0.612. The predicted molar refractivity (Wildman–Crippen MR) is 99.8 cm³/mol. The van der Waals surface area contributed by atoms with Gasteiger partial charge < -0.3 is 4.43 Å². The molecule has 2 aromatic rings. The molecular formula is C19H24OSSi. The molecule has 2 aromatic carbocycles. The number of hydrogen-bond donors (Lipinski definition) is 0. The van der Waals surface area contributed by atoms with Gasteiger partial charge in [-0.15, -0.1) is 0 Å². The average Bonchev–Trinajstić information content (AvgIpc) is 3.33. The fraction of sp³-hybridized carbons (Fsp3) is 0.368. The summed E-state index contributed by atoms with van der Waals surface area (Å²) in [5.74, 6) is 1.25. The zero-order valence-electron chi connectivity index (χ0n) is 13.6. The Balaban J connectivity index is 2.12. The third-order valence-corrected chi connectivity index (χ3v) is 10.3. The van der Waals surface area contributed by atoms with Crippen molar-refractivity contribution < 1.29 is 4.43 Å². The lowest BCUT2D eigenvalue weighted by molar-refractivity contribution is 0.309. The van der Waals surface area contributed by atoms with Gasteiger partial charge in [0, 0.05) is 17.6 Å². The maximum Gasteiger partial charge on any atom is 0.261 e. The van der Waals surface area contributed by atoms with Crippen molar-refractivity contribution in [2.45, 2.75) is 31.1 Å². The second kappa shape index (κ2) is 6.23. The summed E-state index contributed by atoms with van der Waals surface area (Å²) in [6.07, 6.45) is 0. The lowest BCUT2D eigenvalue weighted by atomic mass is 10.2. The van der Waals surface area contributed by atoms with Gasteiger partial charge in [0.1, 0.15) is 0 Å². The molecule has 0 spiro atoms. The van der Waals surface area contributed by atoms with Gasteiger partial charge in [-0.1, -0.05) is 81.4 Å². The summed E-state index contributed by atoms with van der Waals surface area (Å²) in [4.78, 5) is 0. The molecule has 1 nitrogen and oxygen atoms in total. The number of benzene rings is 2. The molecule has 0 bridgehead atoms. The van der Waals surface area contributed by atoms with Gasteiger partial charge in [-0.3, -0.25) is 0 Å². The van der Waals surface area contributed by atoms with Crippen molar-refractivity contribution in [3.8, 4) is 0 Å². The Labute approximate surface area is 139 Å². The molecule has 1 saturated heterocycles. The van der Waals surface area contributed by atoms with Crippen molar-refractivity contribution in [3.63, 3.8) is 0 Å². The minimum absolute atomic E-state index is 0.0925. The fourth-order valence-corrected chi connectivity index (χ4v) is 8.27. The molecule has 0 aromatic heterocycles. The highest BCUT2D eigenvalue weighted by Gasteiger charge is 2.50. The molecular weight excluding hydrogens is 304 g/mol. The van der Waals surface area contributed by atoms with E-state index in [4.69, 9.17) is 4.43 Å². The first-order valence-corrected chi connectivity index (χ1v) is 10.9. The zero-order chi connectivity index (χ0) is 15.6. The summed E-state index contributed by atoms with van der Waals surface area (Å²) in [6.45, 7) is 7.87. The molecule has 1 aliphatic heterocycles. The normalized spacial score (nSPS) is 18.2. The Kier molecular flexibility index (Phi) is 4.48. The molecule has 0 aliphatic carbocycles. The molecule has 0 N–H and O–H groups in total. The minimum Gasteiger partial charge on any atom is -0.406 e. The molecule has 116 valence electrons. The van der Waals surface area contributed by atoms with E-state index in [9.17, 15) is 0 Å². The summed E-state index contributed by atoms with van der Waals surface area (Å²) in [5.41, 5.74) is 0. The highest BCUT2D eigenvalue weighted by molar-refractivity contribution is 8.06. The van der Waals surface area contributed by atoms with Gasteiger partial charge in [-0.25, -0.2) is 0 Å². The third-order valence-electron chi connectivity index (χ3n) is 4.30. The molecule has 3 heteroatoms. The Hall–Kier alpha value is -1.03.